The van der Waals surface area contributed by atoms with E-state index in [9.17, 15) is 14.0 Å². The van der Waals surface area contributed by atoms with Crippen molar-refractivity contribution in [3.05, 3.63) is 59.9 Å². The fourth-order valence-corrected chi connectivity index (χ4v) is 3.10. The fraction of sp³-hybridized carbons (Fsp3) is 0.364. The van der Waals surface area contributed by atoms with Gasteiger partial charge in [0.05, 0.1) is 18.7 Å². The Morgan fingerprint density at radius 3 is 2.38 bits per heavy atom. The highest BCUT2D eigenvalue weighted by molar-refractivity contribution is 5.81. The molecule has 0 N–H and O–H groups in total. The molecule has 0 radical (unpaired) electrons. The van der Waals surface area contributed by atoms with Crippen molar-refractivity contribution < 1.29 is 23.5 Å². The molecule has 3 rings (SSSR count). The van der Waals surface area contributed by atoms with Crippen LogP contribution in [0.5, 0.6) is 5.75 Å². The Balaban J connectivity index is 1.35. The summed E-state index contributed by atoms with van der Waals surface area (Å²) in [4.78, 5) is 27.6. The Morgan fingerprint density at radius 2 is 1.69 bits per heavy atom. The van der Waals surface area contributed by atoms with Crippen molar-refractivity contribution in [1.82, 2.24) is 4.90 Å². The maximum atomic E-state index is 13.9. The molecule has 2 aromatic rings. The monoisotopic (exact) mass is 400 g/mol. The molecule has 0 spiro atoms. The van der Waals surface area contributed by atoms with Gasteiger partial charge in [-0.05, 0) is 31.2 Å². The molecule has 1 amide bonds. The number of halogens is 1. The van der Waals surface area contributed by atoms with Crippen LogP contribution in [0.3, 0.4) is 0 Å². The Hall–Kier alpha value is -3.09. The quantitative estimate of drug-likeness (QED) is 0.669. The lowest BCUT2D eigenvalue weighted by molar-refractivity contribution is -0.152. The first-order valence-corrected chi connectivity index (χ1v) is 9.65. The minimum absolute atomic E-state index is 0.0716. The zero-order chi connectivity index (χ0) is 20.6. The van der Waals surface area contributed by atoms with Gasteiger partial charge in [0, 0.05) is 26.2 Å². The van der Waals surface area contributed by atoms with E-state index in [-0.39, 0.29) is 31.4 Å². The Morgan fingerprint density at radius 1 is 1.00 bits per heavy atom. The first-order valence-electron chi connectivity index (χ1n) is 9.65. The predicted octanol–water partition coefficient (Wildman–Crippen LogP) is 2.80. The van der Waals surface area contributed by atoms with E-state index >= 15 is 0 Å². The second-order valence-corrected chi connectivity index (χ2v) is 6.89. The molecule has 0 unspecified atom stereocenters. The number of aryl methyl sites for hydroxylation is 1. The maximum absolute atomic E-state index is 13.9. The molecule has 7 heteroatoms. The highest BCUT2D eigenvalue weighted by Gasteiger charge is 2.23. The third-order valence-corrected chi connectivity index (χ3v) is 4.78. The number of hydrogen-bond acceptors (Lipinski definition) is 5. The number of amides is 1. The topological polar surface area (TPSA) is 59.1 Å². The number of carbonyl (C=O) groups excluding carboxylic acids is 2. The summed E-state index contributed by atoms with van der Waals surface area (Å²) >= 11 is 0. The van der Waals surface area contributed by atoms with Gasteiger partial charge < -0.3 is 19.3 Å². The van der Waals surface area contributed by atoms with Crippen molar-refractivity contribution >= 4 is 17.6 Å². The number of benzene rings is 2. The molecule has 154 valence electrons. The zero-order valence-electron chi connectivity index (χ0n) is 16.5. The van der Waals surface area contributed by atoms with Gasteiger partial charge in [0.25, 0.3) is 5.91 Å². The smallest absolute Gasteiger partial charge is 0.309 e. The van der Waals surface area contributed by atoms with Crippen LogP contribution in [-0.4, -0.2) is 56.2 Å². The molecule has 2 aromatic carbocycles. The van der Waals surface area contributed by atoms with Crippen LogP contribution in [-0.2, 0) is 14.3 Å². The average Bonchev–Trinajstić information content (AvgIpc) is 2.74. The van der Waals surface area contributed by atoms with Gasteiger partial charge >= 0.3 is 5.97 Å². The second kappa shape index (κ2) is 9.91. The van der Waals surface area contributed by atoms with Gasteiger partial charge in [-0.2, -0.15) is 0 Å². The van der Waals surface area contributed by atoms with Gasteiger partial charge in [0.2, 0.25) is 0 Å². The molecule has 0 aromatic heterocycles. The van der Waals surface area contributed by atoms with Crippen molar-refractivity contribution in [3.8, 4) is 5.75 Å². The van der Waals surface area contributed by atoms with Gasteiger partial charge in [-0.1, -0.05) is 29.8 Å². The van der Waals surface area contributed by atoms with E-state index in [1.54, 1.807) is 23.1 Å². The van der Waals surface area contributed by atoms with E-state index in [0.29, 0.717) is 37.6 Å². The Kier molecular flexibility index (Phi) is 7.05. The molecule has 0 aliphatic carbocycles. The molecule has 1 aliphatic rings. The molecule has 0 atom stereocenters. The lowest BCUT2D eigenvalue weighted by atomic mass is 10.2. The van der Waals surface area contributed by atoms with E-state index in [2.05, 4.69) is 0 Å². The van der Waals surface area contributed by atoms with Crippen molar-refractivity contribution in [2.75, 3.05) is 44.3 Å². The number of ether oxygens (including phenoxy) is 2. The van der Waals surface area contributed by atoms with Gasteiger partial charge in [0.15, 0.2) is 6.61 Å². The highest BCUT2D eigenvalue weighted by Crippen LogP contribution is 2.20. The van der Waals surface area contributed by atoms with E-state index in [1.165, 1.54) is 6.07 Å². The van der Waals surface area contributed by atoms with Crippen LogP contribution in [0.15, 0.2) is 48.5 Å². The highest BCUT2D eigenvalue weighted by atomic mass is 19.1. The molecular formula is C22H25FN2O4. The molecule has 1 saturated heterocycles. The number of piperazine rings is 1. The van der Waals surface area contributed by atoms with Crippen molar-refractivity contribution in [3.63, 3.8) is 0 Å². The average molecular weight is 400 g/mol. The molecule has 1 aliphatic heterocycles. The molecule has 1 fully saturated rings. The Labute approximate surface area is 169 Å². The second-order valence-electron chi connectivity index (χ2n) is 6.89. The van der Waals surface area contributed by atoms with Gasteiger partial charge in [0.1, 0.15) is 11.6 Å². The summed E-state index contributed by atoms with van der Waals surface area (Å²) in [6, 6.07) is 14.1. The third kappa shape index (κ3) is 5.94. The molecule has 0 saturated carbocycles. The summed E-state index contributed by atoms with van der Waals surface area (Å²) in [5, 5.41) is 0. The molecular weight excluding hydrogens is 375 g/mol. The van der Waals surface area contributed by atoms with E-state index in [4.69, 9.17) is 9.47 Å². The van der Waals surface area contributed by atoms with Crippen LogP contribution in [0.2, 0.25) is 0 Å². The summed E-state index contributed by atoms with van der Waals surface area (Å²) < 4.78 is 24.4. The summed E-state index contributed by atoms with van der Waals surface area (Å²) in [7, 11) is 0. The van der Waals surface area contributed by atoms with Gasteiger partial charge in [-0.25, -0.2) is 4.39 Å². The number of hydrogen-bond donors (Lipinski definition) is 0. The van der Waals surface area contributed by atoms with E-state index in [0.717, 1.165) is 5.56 Å². The number of rotatable bonds is 7. The van der Waals surface area contributed by atoms with Crippen LogP contribution in [0.4, 0.5) is 10.1 Å². The minimum Gasteiger partial charge on any atom is -0.493 e. The van der Waals surface area contributed by atoms with E-state index in [1.807, 2.05) is 36.1 Å². The zero-order valence-corrected chi connectivity index (χ0v) is 16.5. The SMILES string of the molecule is Cc1ccc(OCCC(=O)OCC(=O)N2CCN(c3ccccc3F)CC2)cc1. The van der Waals surface area contributed by atoms with Crippen LogP contribution in [0.25, 0.3) is 0 Å². The van der Waals surface area contributed by atoms with Crippen LogP contribution >= 0.6 is 0 Å². The van der Waals surface area contributed by atoms with Crippen LogP contribution in [0.1, 0.15) is 12.0 Å². The summed E-state index contributed by atoms with van der Waals surface area (Å²) in [5.41, 5.74) is 1.67. The Bertz CT molecular complexity index is 833. The van der Waals surface area contributed by atoms with E-state index < -0.39 is 5.97 Å². The summed E-state index contributed by atoms with van der Waals surface area (Å²) in [6.07, 6.45) is 0.0716. The molecule has 1 heterocycles. The number of esters is 1. The normalized spacial score (nSPS) is 13.9. The lowest BCUT2D eigenvalue weighted by Crippen LogP contribution is -2.50. The van der Waals surface area contributed by atoms with Crippen LogP contribution in [0, 0.1) is 12.7 Å². The number of carbonyl (C=O) groups is 2. The van der Waals surface area contributed by atoms with Crippen LogP contribution < -0.4 is 9.64 Å². The summed E-state index contributed by atoms with van der Waals surface area (Å²) in [5.74, 6) is -0.303. The predicted molar refractivity (Wildman–Crippen MR) is 107 cm³/mol. The number of nitrogens with zero attached hydrogens (tertiary/aromatic N) is 2. The third-order valence-electron chi connectivity index (χ3n) is 4.78. The lowest BCUT2D eigenvalue weighted by Gasteiger charge is -2.36. The molecule has 6 nitrogen and oxygen atoms in total. The minimum atomic E-state index is -0.476. The number of para-hydroxylation sites is 1. The van der Waals surface area contributed by atoms with Gasteiger partial charge in [-0.15, -0.1) is 0 Å². The fourth-order valence-electron chi connectivity index (χ4n) is 3.10. The maximum Gasteiger partial charge on any atom is 0.309 e. The standard InChI is InChI=1S/C22H25FN2O4/c1-17-6-8-18(9-7-17)28-15-10-22(27)29-16-21(26)25-13-11-24(12-14-25)20-5-3-2-4-19(20)23/h2-9H,10-16H2,1H3. The number of anilines is 1. The largest absolute Gasteiger partial charge is 0.493 e. The van der Waals surface area contributed by atoms with Gasteiger partial charge in [-0.3, -0.25) is 9.59 Å². The first kappa shape index (κ1) is 20.6. The molecule has 0 bridgehead atoms. The van der Waals surface area contributed by atoms with Crippen molar-refractivity contribution in [2.45, 2.75) is 13.3 Å². The van der Waals surface area contributed by atoms with Crippen molar-refractivity contribution in [1.29, 1.82) is 0 Å². The first-order chi connectivity index (χ1) is 14.0. The summed E-state index contributed by atoms with van der Waals surface area (Å²) in [6.45, 7) is 3.87. The van der Waals surface area contributed by atoms with Crippen molar-refractivity contribution in [2.24, 2.45) is 0 Å². The molecule has 29 heavy (non-hydrogen) atoms.